The zero-order valence-electron chi connectivity index (χ0n) is 13.7. The van der Waals surface area contributed by atoms with Gasteiger partial charge in [-0.2, -0.15) is 0 Å². The van der Waals surface area contributed by atoms with Gasteiger partial charge in [-0.25, -0.2) is 8.42 Å². The maximum atomic E-state index is 12.7. The van der Waals surface area contributed by atoms with Crippen LogP contribution >= 0.6 is 0 Å². The molecule has 1 saturated heterocycles. The molecule has 2 aromatic carbocycles. The molecule has 1 atom stereocenters. The molecule has 24 heavy (non-hydrogen) atoms. The highest BCUT2D eigenvalue weighted by Crippen LogP contribution is 2.24. The van der Waals surface area contributed by atoms with Crippen molar-refractivity contribution in [1.29, 1.82) is 0 Å². The minimum Gasteiger partial charge on any atom is -0.335 e. The SMILES string of the molecule is Cc1ccc(C(=O)N2CCCC2CS(=O)(=O)c2ccccc2)cc1. The minimum absolute atomic E-state index is 0.0192. The number of carbonyl (C=O) groups is 1. The maximum Gasteiger partial charge on any atom is 0.254 e. The van der Waals surface area contributed by atoms with Gasteiger partial charge in [-0.1, -0.05) is 35.9 Å². The maximum absolute atomic E-state index is 12.7. The van der Waals surface area contributed by atoms with E-state index in [1.807, 2.05) is 19.1 Å². The lowest BCUT2D eigenvalue weighted by atomic mass is 10.1. The van der Waals surface area contributed by atoms with Crippen LogP contribution in [0, 0.1) is 6.92 Å². The summed E-state index contributed by atoms with van der Waals surface area (Å²) >= 11 is 0. The van der Waals surface area contributed by atoms with E-state index >= 15 is 0 Å². The molecule has 4 nitrogen and oxygen atoms in total. The molecule has 0 bridgehead atoms. The third-order valence-corrected chi connectivity index (χ3v) is 6.26. The van der Waals surface area contributed by atoms with E-state index in [1.54, 1.807) is 47.4 Å². The summed E-state index contributed by atoms with van der Waals surface area (Å²) in [6.07, 6.45) is 1.57. The van der Waals surface area contributed by atoms with Crippen LogP contribution in [0.5, 0.6) is 0 Å². The predicted molar refractivity (Wildman–Crippen MR) is 93.7 cm³/mol. The van der Waals surface area contributed by atoms with Crippen LogP contribution in [0.25, 0.3) is 0 Å². The van der Waals surface area contributed by atoms with Crippen LogP contribution in [0.2, 0.25) is 0 Å². The average Bonchev–Trinajstić information content (AvgIpc) is 3.03. The largest absolute Gasteiger partial charge is 0.335 e. The number of benzene rings is 2. The van der Waals surface area contributed by atoms with E-state index in [4.69, 9.17) is 0 Å². The predicted octanol–water partition coefficient (Wildman–Crippen LogP) is 3.07. The van der Waals surface area contributed by atoms with Crippen molar-refractivity contribution in [3.63, 3.8) is 0 Å². The van der Waals surface area contributed by atoms with E-state index in [0.29, 0.717) is 17.0 Å². The van der Waals surface area contributed by atoms with E-state index in [9.17, 15) is 13.2 Å². The first-order valence-corrected chi connectivity index (χ1v) is 9.78. The Morgan fingerprint density at radius 3 is 2.42 bits per heavy atom. The highest BCUT2D eigenvalue weighted by atomic mass is 32.2. The van der Waals surface area contributed by atoms with E-state index in [0.717, 1.165) is 18.4 Å². The van der Waals surface area contributed by atoms with Gasteiger partial charge in [0.1, 0.15) is 0 Å². The molecule has 2 aromatic rings. The van der Waals surface area contributed by atoms with Crippen molar-refractivity contribution >= 4 is 15.7 Å². The third-order valence-electron chi connectivity index (χ3n) is 4.45. The molecule has 1 unspecified atom stereocenters. The molecular formula is C19H21NO3S. The van der Waals surface area contributed by atoms with Crippen molar-refractivity contribution in [2.45, 2.75) is 30.7 Å². The van der Waals surface area contributed by atoms with Crippen LogP contribution in [0.15, 0.2) is 59.5 Å². The Labute approximate surface area is 143 Å². The summed E-state index contributed by atoms with van der Waals surface area (Å²) in [5.74, 6) is -0.102. The lowest BCUT2D eigenvalue weighted by molar-refractivity contribution is 0.0749. The second-order valence-electron chi connectivity index (χ2n) is 6.26. The molecule has 5 heteroatoms. The first-order chi connectivity index (χ1) is 11.5. The third kappa shape index (κ3) is 3.51. The molecule has 1 amide bonds. The molecule has 1 fully saturated rings. The summed E-state index contributed by atoms with van der Waals surface area (Å²) in [6.45, 7) is 2.58. The van der Waals surface area contributed by atoms with Gasteiger partial charge < -0.3 is 4.90 Å². The van der Waals surface area contributed by atoms with Crippen LogP contribution in [-0.4, -0.2) is 37.6 Å². The van der Waals surface area contributed by atoms with Gasteiger partial charge in [0.25, 0.3) is 5.91 Å². The van der Waals surface area contributed by atoms with Gasteiger partial charge in [0.15, 0.2) is 9.84 Å². The highest BCUT2D eigenvalue weighted by molar-refractivity contribution is 7.91. The topological polar surface area (TPSA) is 54.5 Å². The smallest absolute Gasteiger partial charge is 0.254 e. The van der Waals surface area contributed by atoms with Gasteiger partial charge in [-0.15, -0.1) is 0 Å². The average molecular weight is 343 g/mol. The number of aryl methyl sites for hydroxylation is 1. The van der Waals surface area contributed by atoms with Crippen molar-refractivity contribution in [1.82, 2.24) is 4.90 Å². The van der Waals surface area contributed by atoms with Crippen LogP contribution < -0.4 is 0 Å². The van der Waals surface area contributed by atoms with E-state index in [1.165, 1.54) is 0 Å². The Hall–Kier alpha value is -2.14. The van der Waals surface area contributed by atoms with Gasteiger partial charge in [0.05, 0.1) is 10.6 Å². The zero-order valence-corrected chi connectivity index (χ0v) is 14.5. The van der Waals surface area contributed by atoms with E-state index in [2.05, 4.69) is 0 Å². The van der Waals surface area contributed by atoms with Crippen molar-refractivity contribution < 1.29 is 13.2 Å². The van der Waals surface area contributed by atoms with Gasteiger partial charge in [-0.3, -0.25) is 4.79 Å². The lowest BCUT2D eigenvalue weighted by Gasteiger charge is -2.24. The summed E-state index contributed by atoms with van der Waals surface area (Å²) < 4.78 is 25.2. The van der Waals surface area contributed by atoms with Crippen LogP contribution in [0.1, 0.15) is 28.8 Å². The Bertz CT molecular complexity index is 813. The van der Waals surface area contributed by atoms with Crippen molar-refractivity contribution in [2.75, 3.05) is 12.3 Å². The molecule has 0 saturated carbocycles. The summed E-state index contributed by atoms with van der Waals surface area (Å²) in [7, 11) is -3.39. The Morgan fingerprint density at radius 2 is 1.75 bits per heavy atom. The molecule has 1 aliphatic rings. The van der Waals surface area contributed by atoms with Gasteiger partial charge in [-0.05, 0) is 44.0 Å². The van der Waals surface area contributed by atoms with Crippen LogP contribution in [-0.2, 0) is 9.84 Å². The molecule has 1 aliphatic heterocycles. The number of carbonyl (C=O) groups excluding carboxylic acids is 1. The monoisotopic (exact) mass is 343 g/mol. The summed E-state index contributed by atoms with van der Waals surface area (Å²) in [5, 5.41) is 0. The molecule has 0 aromatic heterocycles. The first kappa shape index (κ1) is 16.7. The number of sulfone groups is 1. The normalized spacial score (nSPS) is 17.9. The Morgan fingerprint density at radius 1 is 1.08 bits per heavy atom. The standard InChI is InChI=1S/C19H21NO3S/c1-15-9-11-16(12-10-15)19(21)20-13-5-6-17(20)14-24(22,23)18-7-3-2-4-8-18/h2-4,7-12,17H,5-6,13-14H2,1H3. The highest BCUT2D eigenvalue weighted by Gasteiger charge is 2.33. The number of hydrogen-bond donors (Lipinski definition) is 0. The van der Waals surface area contributed by atoms with Crippen molar-refractivity contribution in [3.8, 4) is 0 Å². The molecule has 0 radical (unpaired) electrons. The van der Waals surface area contributed by atoms with Crippen LogP contribution in [0.4, 0.5) is 0 Å². The number of nitrogens with zero attached hydrogens (tertiary/aromatic N) is 1. The fraction of sp³-hybridized carbons (Fsp3) is 0.316. The van der Waals surface area contributed by atoms with Gasteiger partial charge >= 0.3 is 0 Å². The first-order valence-electron chi connectivity index (χ1n) is 8.13. The Balaban J connectivity index is 1.78. The molecule has 0 aliphatic carbocycles. The second-order valence-corrected chi connectivity index (χ2v) is 8.29. The zero-order chi connectivity index (χ0) is 17.2. The molecule has 1 heterocycles. The fourth-order valence-corrected chi connectivity index (χ4v) is 4.73. The number of hydrogen-bond acceptors (Lipinski definition) is 3. The molecule has 0 N–H and O–H groups in total. The molecule has 126 valence electrons. The second kappa shape index (κ2) is 6.77. The van der Waals surface area contributed by atoms with E-state index < -0.39 is 9.84 Å². The fourth-order valence-electron chi connectivity index (χ4n) is 3.12. The van der Waals surface area contributed by atoms with Crippen LogP contribution in [0.3, 0.4) is 0 Å². The van der Waals surface area contributed by atoms with E-state index in [-0.39, 0.29) is 17.7 Å². The van der Waals surface area contributed by atoms with Crippen molar-refractivity contribution in [3.05, 3.63) is 65.7 Å². The quantitative estimate of drug-likeness (QED) is 0.857. The summed E-state index contributed by atoms with van der Waals surface area (Å²) in [4.78, 5) is 14.8. The Kier molecular flexibility index (Phi) is 4.71. The molecule has 3 rings (SSSR count). The molecule has 0 spiro atoms. The van der Waals surface area contributed by atoms with Gasteiger partial charge in [0.2, 0.25) is 0 Å². The number of likely N-dealkylation sites (tertiary alicyclic amines) is 1. The summed E-state index contributed by atoms with van der Waals surface area (Å²) in [6, 6.07) is 15.6. The molecular weight excluding hydrogens is 322 g/mol. The number of rotatable bonds is 4. The van der Waals surface area contributed by atoms with Gasteiger partial charge in [0, 0.05) is 18.2 Å². The minimum atomic E-state index is -3.39. The number of amides is 1. The summed E-state index contributed by atoms with van der Waals surface area (Å²) in [5.41, 5.74) is 1.71. The van der Waals surface area contributed by atoms with Crippen molar-refractivity contribution in [2.24, 2.45) is 0 Å². The lowest BCUT2D eigenvalue weighted by Crippen LogP contribution is -2.39.